The van der Waals surface area contributed by atoms with Crippen LogP contribution >= 0.6 is 34.8 Å². The first kappa shape index (κ1) is 30.0. The zero-order valence-corrected chi connectivity index (χ0v) is 21.1. The molecule has 0 bridgehead atoms. The molecule has 0 aliphatic heterocycles. The van der Waals surface area contributed by atoms with Crippen molar-refractivity contribution < 1.29 is 14.6 Å². The second-order valence-electron chi connectivity index (χ2n) is 7.92. The average Bonchev–Trinajstić information content (AvgIpc) is 2.72. The van der Waals surface area contributed by atoms with Crippen LogP contribution in [0.2, 0.25) is 0 Å². The molecular formula is C23H42Cl3NO3. The summed E-state index contributed by atoms with van der Waals surface area (Å²) in [5.74, 6) is 0.0306. The Labute approximate surface area is 199 Å². The Morgan fingerprint density at radius 2 is 1.50 bits per heavy atom. The van der Waals surface area contributed by atoms with Crippen molar-refractivity contribution in [2.75, 3.05) is 27.4 Å². The number of aliphatic hydroxyl groups is 1. The highest BCUT2D eigenvalue weighted by Crippen LogP contribution is 2.18. The van der Waals surface area contributed by atoms with Gasteiger partial charge in [-0.2, -0.15) is 0 Å². The highest BCUT2D eigenvalue weighted by Gasteiger charge is 2.18. The number of carbonyl (C=O) groups excluding carboxylic acids is 1. The topological polar surface area (TPSA) is 49.8 Å². The second kappa shape index (κ2) is 20.9. The van der Waals surface area contributed by atoms with E-state index in [0.717, 1.165) is 51.4 Å². The van der Waals surface area contributed by atoms with Crippen LogP contribution < -0.4 is 0 Å². The molecule has 0 aliphatic carbocycles. The molecule has 0 aromatic heterocycles. The second-order valence-corrected chi connectivity index (χ2v) is 9.82. The molecule has 0 rings (SSSR count). The molecule has 1 amide bonds. The lowest BCUT2D eigenvalue weighted by molar-refractivity contribution is -0.133. The first-order valence-corrected chi connectivity index (χ1v) is 12.7. The summed E-state index contributed by atoms with van der Waals surface area (Å²) in [5.41, 5.74) is 0. The molecule has 178 valence electrons. The summed E-state index contributed by atoms with van der Waals surface area (Å²) >= 11 is 17.9. The van der Waals surface area contributed by atoms with Crippen LogP contribution in [0.5, 0.6) is 0 Å². The van der Waals surface area contributed by atoms with E-state index in [-0.39, 0.29) is 28.8 Å². The molecule has 0 aliphatic rings. The summed E-state index contributed by atoms with van der Waals surface area (Å²) < 4.78 is 5.03. The summed E-state index contributed by atoms with van der Waals surface area (Å²) in [6, 6.07) is -0.274. The third kappa shape index (κ3) is 17.7. The Bertz CT molecular complexity index is 436. The molecule has 0 radical (unpaired) electrons. The van der Waals surface area contributed by atoms with Gasteiger partial charge in [0.25, 0.3) is 0 Å². The van der Waals surface area contributed by atoms with Gasteiger partial charge in [0.15, 0.2) is 0 Å². The molecule has 0 heterocycles. The van der Waals surface area contributed by atoms with E-state index < -0.39 is 0 Å². The van der Waals surface area contributed by atoms with Crippen LogP contribution in [0.3, 0.4) is 0 Å². The first-order valence-electron chi connectivity index (χ1n) is 11.3. The standard InChI is InChI=1S/C23H42Cl3NO3/c1-27(21(18-28)19-30-2)23(29)17-13-9-4-3-6-10-14-20(24)15-11-7-5-8-12-16-22(25)26/h4,9,20-22,28H,3,5-8,10-19H2,1-2H3/b9-4+/t20-,21+/m0/s1. The zero-order valence-electron chi connectivity index (χ0n) is 18.8. The first-order chi connectivity index (χ1) is 14.4. The molecule has 2 atom stereocenters. The largest absolute Gasteiger partial charge is 0.394 e. The number of methoxy groups -OCH3 is 1. The number of carbonyl (C=O) groups is 1. The Morgan fingerprint density at radius 1 is 0.933 bits per heavy atom. The lowest BCUT2D eigenvalue weighted by Gasteiger charge is -2.25. The maximum atomic E-state index is 12.1. The van der Waals surface area contributed by atoms with Crippen molar-refractivity contribution >= 4 is 40.7 Å². The number of allylic oxidation sites excluding steroid dienone is 2. The molecule has 7 heteroatoms. The van der Waals surface area contributed by atoms with Crippen molar-refractivity contribution in [1.82, 2.24) is 4.90 Å². The number of ether oxygens (including phenoxy) is 1. The Hall–Kier alpha value is -0.000000000000000111. The van der Waals surface area contributed by atoms with Crippen molar-refractivity contribution in [1.29, 1.82) is 0 Å². The average molecular weight is 487 g/mol. The van der Waals surface area contributed by atoms with Crippen LogP contribution in [-0.2, 0) is 9.53 Å². The summed E-state index contributed by atoms with van der Waals surface area (Å²) in [6.45, 7) is 0.261. The number of amides is 1. The fourth-order valence-electron chi connectivity index (χ4n) is 3.27. The van der Waals surface area contributed by atoms with Crippen LogP contribution in [0.25, 0.3) is 0 Å². The third-order valence-corrected chi connectivity index (χ3v) is 6.15. The predicted octanol–water partition coefficient (Wildman–Crippen LogP) is 6.49. The number of hydrogen-bond donors (Lipinski definition) is 1. The van der Waals surface area contributed by atoms with Crippen molar-refractivity contribution in [3.05, 3.63) is 12.2 Å². The third-order valence-electron chi connectivity index (χ3n) is 5.28. The van der Waals surface area contributed by atoms with E-state index in [1.807, 2.05) is 0 Å². The zero-order chi connectivity index (χ0) is 22.6. The molecule has 30 heavy (non-hydrogen) atoms. The van der Waals surface area contributed by atoms with E-state index in [1.165, 1.54) is 25.7 Å². The van der Waals surface area contributed by atoms with Gasteiger partial charge in [0, 0.05) is 26.0 Å². The van der Waals surface area contributed by atoms with Crippen LogP contribution in [0.1, 0.15) is 83.5 Å². The van der Waals surface area contributed by atoms with Gasteiger partial charge in [-0.05, 0) is 38.5 Å². The number of halogens is 3. The number of likely N-dealkylation sites (N-methyl/N-ethyl adjacent to an activating group) is 1. The van der Waals surface area contributed by atoms with Crippen molar-refractivity contribution in [2.45, 2.75) is 99.7 Å². The number of unbranched alkanes of at least 4 members (excludes halogenated alkanes) is 6. The molecule has 0 saturated heterocycles. The number of rotatable bonds is 20. The minimum atomic E-state index is -0.274. The predicted molar refractivity (Wildman–Crippen MR) is 130 cm³/mol. The maximum absolute atomic E-state index is 12.1. The SMILES string of the molecule is COC[C@@H](CO)N(C)C(=O)CC/C=C/CCCC[C@H](Cl)CCCCCCCC(Cl)Cl. The van der Waals surface area contributed by atoms with E-state index in [2.05, 4.69) is 12.2 Å². The summed E-state index contributed by atoms with van der Waals surface area (Å²) in [4.78, 5) is 13.5. The van der Waals surface area contributed by atoms with Crippen LogP contribution in [0.15, 0.2) is 12.2 Å². The summed E-state index contributed by atoms with van der Waals surface area (Å²) in [6.07, 6.45) is 17.7. The fraction of sp³-hybridized carbons (Fsp3) is 0.870. The number of nitrogens with zero attached hydrogens (tertiary/aromatic N) is 1. The van der Waals surface area contributed by atoms with E-state index in [0.29, 0.717) is 13.0 Å². The van der Waals surface area contributed by atoms with Crippen LogP contribution in [0.4, 0.5) is 0 Å². The Balaban J connectivity index is 3.60. The van der Waals surface area contributed by atoms with Gasteiger partial charge in [-0.1, -0.05) is 50.7 Å². The van der Waals surface area contributed by atoms with Gasteiger partial charge >= 0.3 is 0 Å². The van der Waals surface area contributed by atoms with Gasteiger partial charge < -0.3 is 14.7 Å². The molecular weight excluding hydrogens is 445 g/mol. The summed E-state index contributed by atoms with van der Waals surface area (Å²) in [5, 5.41) is 9.59. The van der Waals surface area contributed by atoms with E-state index in [4.69, 9.17) is 39.5 Å². The Morgan fingerprint density at radius 3 is 2.10 bits per heavy atom. The van der Waals surface area contributed by atoms with Crippen LogP contribution in [-0.4, -0.2) is 59.5 Å². The van der Waals surface area contributed by atoms with Crippen molar-refractivity contribution in [3.8, 4) is 0 Å². The van der Waals surface area contributed by atoms with E-state index in [1.54, 1.807) is 19.1 Å². The van der Waals surface area contributed by atoms with Crippen LogP contribution in [0, 0.1) is 0 Å². The van der Waals surface area contributed by atoms with E-state index >= 15 is 0 Å². The van der Waals surface area contributed by atoms with Gasteiger partial charge in [0.2, 0.25) is 5.91 Å². The quantitative estimate of drug-likeness (QED) is 0.121. The normalized spacial score (nSPS) is 13.8. The van der Waals surface area contributed by atoms with Gasteiger partial charge in [-0.15, -0.1) is 34.8 Å². The fourth-order valence-corrected chi connectivity index (χ4v) is 3.89. The smallest absolute Gasteiger partial charge is 0.223 e. The van der Waals surface area contributed by atoms with Gasteiger partial charge in [-0.3, -0.25) is 4.79 Å². The van der Waals surface area contributed by atoms with Gasteiger partial charge in [-0.25, -0.2) is 0 Å². The molecule has 0 aromatic carbocycles. The minimum Gasteiger partial charge on any atom is -0.394 e. The van der Waals surface area contributed by atoms with Crippen molar-refractivity contribution in [2.24, 2.45) is 0 Å². The Kier molecular flexibility index (Phi) is 20.9. The lowest BCUT2D eigenvalue weighted by atomic mass is 10.0. The molecule has 0 unspecified atom stereocenters. The van der Waals surface area contributed by atoms with Gasteiger partial charge in [0.05, 0.1) is 19.3 Å². The molecule has 1 N–H and O–H groups in total. The highest BCUT2D eigenvalue weighted by atomic mass is 35.5. The monoisotopic (exact) mass is 485 g/mol. The number of hydrogen-bond acceptors (Lipinski definition) is 3. The molecule has 0 spiro atoms. The molecule has 4 nitrogen and oxygen atoms in total. The van der Waals surface area contributed by atoms with E-state index in [9.17, 15) is 9.90 Å². The number of alkyl halides is 3. The van der Waals surface area contributed by atoms with Crippen molar-refractivity contribution in [3.63, 3.8) is 0 Å². The lowest BCUT2D eigenvalue weighted by Crippen LogP contribution is -2.42. The van der Waals surface area contributed by atoms with Gasteiger partial charge in [0.1, 0.15) is 4.84 Å². The molecule has 0 fully saturated rings. The molecule has 0 aromatic rings. The minimum absolute atomic E-state index is 0.0306. The summed E-state index contributed by atoms with van der Waals surface area (Å²) in [7, 11) is 3.28. The number of aliphatic hydroxyl groups excluding tert-OH is 1. The highest BCUT2D eigenvalue weighted by molar-refractivity contribution is 6.44. The maximum Gasteiger partial charge on any atom is 0.223 e. The molecule has 0 saturated carbocycles.